The predicted octanol–water partition coefficient (Wildman–Crippen LogP) is 3.47. The van der Waals surface area contributed by atoms with Crippen molar-refractivity contribution in [3.63, 3.8) is 0 Å². The van der Waals surface area contributed by atoms with Gasteiger partial charge in [-0.25, -0.2) is 4.98 Å². The van der Waals surface area contributed by atoms with E-state index >= 15 is 0 Å². The van der Waals surface area contributed by atoms with Crippen molar-refractivity contribution in [1.29, 1.82) is 0 Å². The molecule has 2 amide bonds. The largest absolute Gasteiger partial charge is 0.342 e. The van der Waals surface area contributed by atoms with Crippen molar-refractivity contribution in [1.82, 2.24) is 14.8 Å². The number of aryl methyl sites for hydroxylation is 1. The molecular weight excluding hydrogens is 396 g/mol. The molecule has 0 radical (unpaired) electrons. The molecule has 2 aliphatic heterocycles. The summed E-state index contributed by atoms with van der Waals surface area (Å²) in [5.41, 5.74) is 3.00. The Morgan fingerprint density at radius 1 is 1.10 bits per heavy atom. The minimum Gasteiger partial charge on any atom is -0.342 e. The Morgan fingerprint density at radius 3 is 2.50 bits per heavy atom. The first-order valence-electron chi connectivity index (χ1n) is 10.9. The van der Waals surface area contributed by atoms with Gasteiger partial charge in [-0.05, 0) is 57.8 Å². The molecule has 4 rings (SSSR count). The summed E-state index contributed by atoms with van der Waals surface area (Å²) in [6.45, 7) is 6.57. The van der Waals surface area contributed by atoms with Crippen molar-refractivity contribution in [2.24, 2.45) is 5.92 Å². The van der Waals surface area contributed by atoms with Crippen LogP contribution in [0.15, 0.2) is 29.6 Å². The summed E-state index contributed by atoms with van der Waals surface area (Å²) in [4.78, 5) is 33.9. The van der Waals surface area contributed by atoms with Gasteiger partial charge in [-0.15, -0.1) is 11.3 Å². The van der Waals surface area contributed by atoms with Crippen LogP contribution >= 0.6 is 11.3 Å². The van der Waals surface area contributed by atoms with Crippen LogP contribution in [-0.4, -0.2) is 52.8 Å². The summed E-state index contributed by atoms with van der Waals surface area (Å²) < 4.78 is 0. The van der Waals surface area contributed by atoms with E-state index in [-0.39, 0.29) is 11.8 Å². The average Bonchev–Trinajstić information content (AvgIpc) is 3.42. The molecule has 160 valence electrons. The van der Waals surface area contributed by atoms with Gasteiger partial charge in [0.05, 0.1) is 12.1 Å². The van der Waals surface area contributed by atoms with Crippen LogP contribution in [-0.2, 0) is 22.6 Å². The van der Waals surface area contributed by atoms with Gasteiger partial charge >= 0.3 is 0 Å². The van der Waals surface area contributed by atoms with Gasteiger partial charge in [0.25, 0.3) is 0 Å². The van der Waals surface area contributed by atoms with E-state index in [9.17, 15) is 9.59 Å². The number of thiazole rings is 1. The first kappa shape index (κ1) is 21.0. The van der Waals surface area contributed by atoms with E-state index in [0.29, 0.717) is 12.3 Å². The van der Waals surface area contributed by atoms with Crippen LogP contribution in [0.3, 0.4) is 0 Å². The summed E-state index contributed by atoms with van der Waals surface area (Å²) in [5, 5.41) is 5.82. The normalized spacial score (nSPS) is 18.0. The highest BCUT2D eigenvalue weighted by molar-refractivity contribution is 7.09. The Morgan fingerprint density at radius 2 is 1.80 bits per heavy atom. The van der Waals surface area contributed by atoms with Crippen molar-refractivity contribution in [2.75, 3.05) is 31.5 Å². The third-order valence-electron chi connectivity index (χ3n) is 5.99. The number of nitrogens with one attached hydrogen (secondary N) is 1. The molecule has 30 heavy (non-hydrogen) atoms. The maximum Gasteiger partial charge on any atom is 0.231 e. The van der Waals surface area contributed by atoms with Gasteiger partial charge < -0.3 is 10.2 Å². The fraction of sp³-hybridized carbons (Fsp3) is 0.522. The lowest BCUT2D eigenvalue weighted by molar-refractivity contribution is -0.136. The molecular formula is C23H30N4O2S. The van der Waals surface area contributed by atoms with Crippen molar-refractivity contribution < 1.29 is 9.59 Å². The Hall–Kier alpha value is -2.25. The lowest BCUT2D eigenvalue weighted by Gasteiger charge is -2.32. The fourth-order valence-electron chi connectivity index (χ4n) is 4.25. The summed E-state index contributed by atoms with van der Waals surface area (Å²) in [5.74, 6) is 0.513. The Balaban J connectivity index is 1.22. The lowest BCUT2D eigenvalue weighted by atomic mass is 9.95. The summed E-state index contributed by atoms with van der Waals surface area (Å²) in [6, 6.07) is 7.80. The van der Waals surface area contributed by atoms with E-state index in [1.165, 1.54) is 5.56 Å². The summed E-state index contributed by atoms with van der Waals surface area (Å²) in [6.07, 6.45) is 4.47. The third kappa shape index (κ3) is 5.46. The Bertz CT molecular complexity index is 866. The molecule has 7 heteroatoms. The zero-order valence-electron chi connectivity index (χ0n) is 17.6. The molecule has 0 unspecified atom stereocenters. The van der Waals surface area contributed by atoms with Crippen LogP contribution in [0.1, 0.15) is 41.9 Å². The molecule has 6 nitrogen and oxygen atoms in total. The standard InChI is InChI=1S/C23H30N4O2S/c1-17-4-6-19(7-5-17)24-21(28)14-22-25-20(16-30-22)15-26-12-8-18(9-13-26)23(29)27-10-2-3-11-27/h4-7,16,18H,2-3,8-15H2,1H3,(H,24,28). The minimum atomic E-state index is -0.0407. The number of hydrogen-bond acceptors (Lipinski definition) is 5. The quantitative estimate of drug-likeness (QED) is 0.768. The molecule has 0 aliphatic carbocycles. The van der Waals surface area contributed by atoms with Crippen molar-refractivity contribution in [2.45, 2.75) is 45.6 Å². The zero-order valence-corrected chi connectivity index (χ0v) is 18.4. The lowest BCUT2D eigenvalue weighted by Crippen LogP contribution is -2.41. The van der Waals surface area contributed by atoms with Crippen LogP contribution in [0.4, 0.5) is 5.69 Å². The van der Waals surface area contributed by atoms with E-state index in [2.05, 4.69) is 25.5 Å². The van der Waals surface area contributed by atoms with Crippen LogP contribution in [0.25, 0.3) is 0 Å². The Kier molecular flexibility index (Phi) is 6.79. The van der Waals surface area contributed by atoms with E-state index in [1.807, 2.05) is 31.2 Å². The molecule has 2 saturated heterocycles. The molecule has 1 aromatic carbocycles. The van der Waals surface area contributed by atoms with Gasteiger partial charge in [-0.3, -0.25) is 14.5 Å². The van der Waals surface area contributed by atoms with Gasteiger partial charge in [0.15, 0.2) is 0 Å². The molecule has 1 N–H and O–H groups in total. The second-order valence-corrected chi connectivity index (χ2v) is 9.35. The summed E-state index contributed by atoms with van der Waals surface area (Å²) >= 11 is 1.54. The van der Waals surface area contributed by atoms with Crippen LogP contribution < -0.4 is 5.32 Å². The number of aromatic nitrogens is 1. The molecule has 0 bridgehead atoms. The first-order valence-corrected chi connectivity index (χ1v) is 11.8. The van der Waals surface area contributed by atoms with Gasteiger partial charge in [0, 0.05) is 36.6 Å². The molecule has 3 heterocycles. The predicted molar refractivity (Wildman–Crippen MR) is 119 cm³/mol. The number of carbonyl (C=O) groups excluding carboxylic acids is 2. The fourth-order valence-corrected chi connectivity index (χ4v) is 5.03. The Labute approximate surface area is 182 Å². The zero-order chi connectivity index (χ0) is 20.9. The van der Waals surface area contributed by atoms with Gasteiger partial charge in [0.1, 0.15) is 5.01 Å². The van der Waals surface area contributed by atoms with Gasteiger partial charge in [-0.2, -0.15) is 0 Å². The number of piperidine rings is 1. The molecule has 0 spiro atoms. The van der Waals surface area contributed by atoms with Crippen molar-refractivity contribution >= 4 is 28.8 Å². The van der Waals surface area contributed by atoms with Crippen LogP contribution in [0, 0.1) is 12.8 Å². The van der Waals surface area contributed by atoms with E-state index < -0.39 is 0 Å². The maximum absolute atomic E-state index is 12.6. The van der Waals surface area contributed by atoms with Crippen molar-refractivity contribution in [3.8, 4) is 0 Å². The van der Waals surface area contributed by atoms with Gasteiger partial charge in [0.2, 0.25) is 11.8 Å². The van der Waals surface area contributed by atoms with Crippen LogP contribution in [0.2, 0.25) is 0 Å². The minimum absolute atomic E-state index is 0.0407. The molecule has 0 atom stereocenters. The number of nitrogens with zero attached hydrogens (tertiary/aromatic N) is 3. The maximum atomic E-state index is 12.6. The number of anilines is 1. The number of amides is 2. The molecule has 0 saturated carbocycles. The number of benzene rings is 1. The second kappa shape index (κ2) is 9.71. The highest BCUT2D eigenvalue weighted by atomic mass is 32.1. The number of hydrogen-bond donors (Lipinski definition) is 1. The van der Waals surface area contributed by atoms with E-state index in [1.54, 1.807) is 11.3 Å². The van der Waals surface area contributed by atoms with E-state index in [4.69, 9.17) is 0 Å². The summed E-state index contributed by atoms with van der Waals surface area (Å²) in [7, 11) is 0. The second-order valence-electron chi connectivity index (χ2n) is 8.41. The highest BCUT2D eigenvalue weighted by Crippen LogP contribution is 2.23. The van der Waals surface area contributed by atoms with Crippen molar-refractivity contribution in [3.05, 3.63) is 45.9 Å². The third-order valence-corrected chi connectivity index (χ3v) is 6.88. The smallest absolute Gasteiger partial charge is 0.231 e. The average molecular weight is 427 g/mol. The topological polar surface area (TPSA) is 65.5 Å². The van der Waals surface area contributed by atoms with E-state index in [0.717, 1.165) is 74.8 Å². The molecule has 2 fully saturated rings. The monoisotopic (exact) mass is 426 g/mol. The molecule has 2 aliphatic rings. The molecule has 2 aromatic rings. The van der Waals surface area contributed by atoms with Crippen LogP contribution in [0.5, 0.6) is 0 Å². The molecule has 1 aromatic heterocycles. The SMILES string of the molecule is Cc1ccc(NC(=O)Cc2nc(CN3CCC(C(=O)N4CCCC4)CC3)cs2)cc1. The first-order chi connectivity index (χ1) is 14.6. The number of rotatable bonds is 6. The van der Waals surface area contributed by atoms with Gasteiger partial charge in [-0.1, -0.05) is 17.7 Å². The number of carbonyl (C=O) groups is 2. The number of likely N-dealkylation sites (tertiary alicyclic amines) is 2. The highest BCUT2D eigenvalue weighted by Gasteiger charge is 2.29.